The van der Waals surface area contributed by atoms with Crippen LogP contribution in [0.1, 0.15) is 105 Å². The van der Waals surface area contributed by atoms with Gasteiger partial charge in [-0.3, -0.25) is 0 Å². The highest BCUT2D eigenvalue weighted by Crippen LogP contribution is 2.51. The SMILES string of the molecule is CC(C)(C)c1cc(-c2cccc(-c3ccccc3N(c3ccccc3-c3cc(C(C)(C)C)cc(C(C)(C)C)c3)c3ccc4ccc5c(-n6c7ccccc7c7ccccc76)ccc6ccc3c4c65)c2)cc(C(C)(C)C)c1. The Balaban J connectivity index is 1.13. The van der Waals surface area contributed by atoms with Gasteiger partial charge >= 0.3 is 0 Å². The zero-order valence-electron chi connectivity index (χ0n) is 46.5. The maximum Gasteiger partial charge on any atom is 0.0541 e. The number of aromatic nitrogens is 1. The molecule has 76 heavy (non-hydrogen) atoms. The second-order valence-electron chi connectivity index (χ2n) is 25.5. The number of benzene rings is 11. The van der Waals surface area contributed by atoms with Crippen LogP contribution >= 0.6 is 0 Å². The fraction of sp³-hybridized carbons (Fsp3) is 0.216. The summed E-state index contributed by atoms with van der Waals surface area (Å²) in [6, 6.07) is 78.5. The van der Waals surface area contributed by atoms with E-state index in [1.165, 1.54) is 115 Å². The molecule has 12 aromatic rings. The van der Waals surface area contributed by atoms with Gasteiger partial charge in [0.2, 0.25) is 0 Å². The first-order valence-electron chi connectivity index (χ1n) is 27.3. The van der Waals surface area contributed by atoms with Crippen molar-refractivity contribution in [2.45, 2.75) is 105 Å². The Morgan fingerprint density at radius 1 is 0.289 bits per heavy atom. The van der Waals surface area contributed by atoms with E-state index < -0.39 is 0 Å². The van der Waals surface area contributed by atoms with Crippen LogP contribution in [-0.4, -0.2) is 4.57 Å². The maximum absolute atomic E-state index is 2.58. The van der Waals surface area contributed by atoms with Crippen LogP contribution in [0.5, 0.6) is 0 Å². The van der Waals surface area contributed by atoms with Gasteiger partial charge in [-0.25, -0.2) is 0 Å². The van der Waals surface area contributed by atoms with Crippen LogP contribution in [0.25, 0.3) is 93.2 Å². The normalized spacial score (nSPS) is 12.7. The molecule has 0 aliphatic heterocycles. The van der Waals surface area contributed by atoms with E-state index in [1.54, 1.807) is 0 Å². The number of anilines is 3. The second kappa shape index (κ2) is 17.8. The smallest absolute Gasteiger partial charge is 0.0541 e. The van der Waals surface area contributed by atoms with E-state index in [0.29, 0.717) is 0 Å². The van der Waals surface area contributed by atoms with Crippen molar-refractivity contribution in [1.82, 2.24) is 4.57 Å². The second-order valence-corrected chi connectivity index (χ2v) is 25.5. The van der Waals surface area contributed by atoms with E-state index in [-0.39, 0.29) is 21.7 Å². The molecule has 0 aliphatic rings. The van der Waals surface area contributed by atoms with E-state index in [9.17, 15) is 0 Å². The lowest BCUT2D eigenvalue weighted by Crippen LogP contribution is -2.17. The molecule has 0 amide bonds. The molecule has 2 nitrogen and oxygen atoms in total. The van der Waals surface area contributed by atoms with Gasteiger partial charge < -0.3 is 9.47 Å². The molecule has 2 heteroatoms. The van der Waals surface area contributed by atoms with Gasteiger partial charge in [-0.05, 0) is 130 Å². The summed E-state index contributed by atoms with van der Waals surface area (Å²) in [5.41, 5.74) is 19.5. The maximum atomic E-state index is 2.58. The molecule has 376 valence electrons. The lowest BCUT2D eigenvalue weighted by molar-refractivity contribution is 0.568. The zero-order chi connectivity index (χ0) is 53.1. The molecule has 0 fully saturated rings. The van der Waals surface area contributed by atoms with E-state index in [4.69, 9.17) is 0 Å². The van der Waals surface area contributed by atoms with Gasteiger partial charge in [-0.2, -0.15) is 0 Å². The Hall–Kier alpha value is -7.94. The Bertz CT molecular complexity index is 4090. The van der Waals surface area contributed by atoms with Crippen LogP contribution in [0.3, 0.4) is 0 Å². The fourth-order valence-corrected chi connectivity index (χ4v) is 11.7. The molecule has 0 spiro atoms. The summed E-state index contributed by atoms with van der Waals surface area (Å²) < 4.78 is 2.48. The highest BCUT2D eigenvalue weighted by Gasteiger charge is 2.28. The quantitative estimate of drug-likeness (QED) is 0.145. The predicted molar refractivity (Wildman–Crippen MR) is 330 cm³/mol. The molecule has 1 heterocycles. The van der Waals surface area contributed by atoms with E-state index in [1.807, 2.05) is 0 Å². The zero-order valence-corrected chi connectivity index (χ0v) is 46.5. The van der Waals surface area contributed by atoms with Gasteiger partial charge in [0.25, 0.3) is 0 Å². The Kier molecular flexibility index (Phi) is 11.5. The summed E-state index contributed by atoms with van der Waals surface area (Å²) in [7, 11) is 0. The molecule has 0 saturated heterocycles. The molecule has 0 radical (unpaired) electrons. The van der Waals surface area contributed by atoms with E-state index in [2.05, 4.69) is 299 Å². The van der Waals surface area contributed by atoms with E-state index in [0.717, 1.165) is 17.1 Å². The van der Waals surface area contributed by atoms with Gasteiger partial charge in [0.05, 0.1) is 33.8 Å². The van der Waals surface area contributed by atoms with Crippen molar-refractivity contribution in [2.75, 3.05) is 4.90 Å². The summed E-state index contributed by atoms with van der Waals surface area (Å²) >= 11 is 0. The van der Waals surface area contributed by atoms with Crippen LogP contribution < -0.4 is 4.90 Å². The number of fused-ring (bicyclic) bond motifs is 3. The first-order valence-corrected chi connectivity index (χ1v) is 27.3. The summed E-state index contributed by atoms with van der Waals surface area (Å²) in [6.45, 7) is 28.0. The van der Waals surface area contributed by atoms with Gasteiger partial charge in [0.1, 0.15) is 0 Å². The molecule has 0 unspecified atom stereocenters. The monoisotopic (exact) mass is 987 g/mol. The molecule has 11 aromatic carbocycles. The number of rotatable bonds is 7. The molecule has 0 N–H and O–H groups in total. The van der Waals surface area contributed by atoms with Crippen molar-refractivity contribution in [3.05, 3.63) is 229 Å². The minimum absolute atomic E-state index is 0.00142. The van der Waals surface area contributed by atoms with Crippen LogP contribution in [0.2, 0.25) is 0 Å². The third kappa shape index (κ3) is 8.44. The van der Waals surface area contributed by atoms with Crippen molar-refractivity contribution in [3.63, 3.8) is 0 Å². The van der Waals surface area contributed by atoms with Crippen LogP contribution in [-0.2, 0) is 21.7 Å². The van der Waals surface area contributed by atoms with Gasteiger partial charge in [-0.1, -0.05) is 247 Å². The van der Waals surface area contributed by atoms with Gasteiger partial charge in [0, 0.05) is 32.7 Å². The Morgan fingerprint density at radius 3 is 1.25 bits per heavy atom. The summed E-state index contributed by atoms with van der Waals surface area (Å²) in [6.07, 6.45) is 0. The van der Waals surface area contributed by atoms with Crippen LogP contribution in [0, 0.1) is 0 Å². The van der Waals surface area contributed by atoms with Crippen LogP contribution in [0.15, 0.2) is 206 Å². The lowest BCUT2D eigenvalue weighted by Gasteiger charge is -2.32. The van der Waals surface area contributed by atoms with Crippen molar-refractivity contribution in [3.8, 4) is 39.1 Å². The third-order valence-electron chi connectivity index (χ3n) is 16.1. The minimum Gasteiger partial charge on any atom is -0.309 e. The predicted octanol–water partition coefficient (Wildman–Crippen LogP) is 21.3. The number of hydrogen-bond donors (Lipinski definition) is 0. The molecule has 12 rings (SSSR count). The summed E-state index contributed by atoms with van der Waals surface area (Å²) in [5, 5.41) is 9.99. The van der Waals surface area contributed by atoms with Gasteiger partial charge in [0.15, 0.2) is 0 Å². The fourth-order valence-electron chi connectivity index (χ4n) is 11.7. The molecular weight excluding hydrogens is 917 g/mol. The highest BCUT2D eigenvalue weighted by atomic mass is 15.1. The Labute approximate surface area is 450 Å². The molecule has 0 aliphatic carbocycles. The van der Waals surface area contributed by atoms with Crippen molar-refractivity contribution >= 4 is 71.2 Å². The molecule has 0 saturated carbocycles. The summed E-state index contributed by atoms with van der Waals surface area (Å²) in [5.74, 6) is 0. The largest absolute Gasteiger partial charge is 0.309 e. The van der Waals surface area contributed by atoms with Crippen molar-refractivity contribution in [1.29, 1.82) is 0 Å². The standard InChI is InChI=1S/C74H70N2/c1-71(2,3)53-41-51(42-54(45-53)72(4,5)6)49-22-21-23-50(40-49)57-24-13-17-28-63(57)75(64-29-18-14-25-58(64)52-43-55(73(7,8)9)46-56(44-52)74(10,11)12)67-38-34-47-33-37-62-68(39-35-48-32-36-61(67)69(47)70(48)62)76-65-30-19-15-26-59(65)60-27-16-20-31-66(60)76/h13-46H,1-12H3. The lowest BCUT2D eigenvalue weighted by atomic mass is 9.78. The number of hydrogen-bond acceptors (Lipinski definition) is 1. The molecule has 0 atom stereocenters. The molecule has 0 bridgehead atoms. The van der Waals surface area contributed by atoms with Crippen LogP contribution in [0.4, 0.5) is 17.1 Å². The molecular formula is C74H70N2. The van der Waals surface area contributed by atoms with Gasteiger partial charge in [-0.15, -0.1) is 0 Å². The average Bonchev–Trinajstić information content (AvgIpc) is 3.90. The van der Waals surface area contributed by atoms with E-state index >= 15 is 0 Å². The minimum atomic E-state index is -0.0491. The van der Waals surface area contributed by atoms with Crippen molar-refractivity contribution < 1.29 is 0 Å². The average molecular weight is 987 g/mol. The summed E-state index contributed by atoms with van der Waals surface area (Å²) in [4.78, 5) is 2.58. The Morgan fingerprint density at radius 2 is 0.711 bits per heavy atom. The third-order valence-corrected chi connectivity index (χ3v) is 16.1. The van der Waals surface area contributed by atoms with Crippen molar-refractivity contribution in [2.24, 2.45) is 0 Å². The molecule has 1 aromatic heterocycles. The first-order chi connectivity index (χ1) is 36.2. The highest BCUT2D eigenvalue weighted by molar-refractivity contribution is 6.28. The number of nitrogens with zero attached hydrogens (tertiary/aromatic N) is 2. The number of para-hydroxylation sites is 4. The topological polar surface area (TPSA) is 8.17 Å². The first kappa shape index (κ1) is 49.0.